The molecule has 2 fully saturated rings. The molecule has 2 aliphatic rings. The number of alkyl halides is 1. The third-order valence-corrected chi connectivity index (χ3v) is 6.98. The van der Waals surface area contributed by atoms with E-state index in [0.29, 0.717) is 38.0 Å². The van der Waals surface area contributed by atoms with Crippen LogP contribution in [0.2, 0.25) is 0 Å². The summed E-state index contributed by atoms with van der Waals surface area (Å²) >= 11 is 5.85. The Morgan fingerprint density at radius 2 is 1.90 bits per heavy atom. The summed E-state index contributed by atoms with van der Waals surface area (Å²) in [7, 11) is -1.70. The van der Waals surface area contributed by atoms with Crippen LogP contribution in [0.15, 0.2) is 0 Å². The van der Waals surface area contributed by atoms with Gasteiger partial charge in [0.15, 0.2) is 0 Å². The summed E-state index contributed by atoms with van der Waals surface area (Å²) in [5, 5.41) is 0. The maximum Gasteiger partial charge on any atom is 0.282 e. The van der Waals surface area contributed by atoms with Crippen LogP contribution in [-0.2, 0) is 14.9 Å². The van der Waals surface area contributed by atoms with Crippen molar-refractivity contribution in [1.82, 2.24) is 8.61 Å². The van der Waals surface area contributed by atoms with Crippen molar-refractivity contribution in [1.29, 1.82) is 0 Å². The SMILES string of the molecule is COC1(C)CCCN(S(=O)(=O)N2CCC(CCl)CC2)C1. The van der Waals surface area contributed by atoms with Crippen molar-refractivity contribution in [2.24, 2.45) is 5.92 Å². The minimum absolute atomic E-state index is 0.361. The van der Waals surface area contributed by atoms with Gasteiger partial charge in [-0.2, -0.15) is 17.0 Å². The maximum absolute atomic E-state index is 12.7. The average Bonchev–Trinajstić information content (AvgIpc) is 2.47. The Morgan fingerprint density at radius 1 is 1.25 bits per heavy atom. The van der Waals surface area contributed by atoms with Gasteiger partial charge in [-0.1, -0.05) is 0 Å². The monoisotopic (exact) mass is 324 g/mol. The molecule has 0 aromatic heterocycles. The van der Waals surface area contributed by atoms with Crippen LogP contribution in [-0.4, -0.2) is 61.8 Å². The van der Waals surface area contributed by atoms with Crippen molar-refractivity contribution in [3.8, 4) is 0 Å². The lowest BCUT2D eigenvalue weighted by Gasteiger charge is -2.41. The molecule has 2 aliphatic heterocycles. The number of rotatable bonds is 4. The molecule has 1 unspecified atom stereocenters. The van der Waals surface area contributed by atoms with E-state index in [4.69, 9.17) is 16.3 Å². The number of methoxy groups -OCH3 is 1. The van der Waals surface area contributed by atoms with Gasteiger partial charge in [-0.25, -0.2) is 0 Å². The molecule has 0 bridgehead atoms. The first-order valence-corrected chi connectivity index (χ1v) is 9.21. The number of ether oxygens (including phenoxy) is 1. The number of halogens is 1. The smallest absolute Gasteiger partial charge is 0.282 e. The van der Waals surface area contributed by atoms with Crippen LogP contribution >= 0.6 is 11.6 Å². The van der Waals surface area contributed by atoms with Crippen LogP contribution in [0.5, 0.6) is 0 Å². The van der Waals surface area contributed by atoms with Crippen molar-refractivity contribution in [3.63, 3.8) is 0 Å². The third kappa shape index (κ3) is 3.47. The van der Waals surface area contributed by atoms with Gasteiger partial charge in [-0.05, 0) is 38.5 Å². The first-order valence-electron chi connectivity index (χ1n) is 7.27. The molecule has 0 radical (unpaired) electrons. The van der Waals surface area contributed by atoms with Crippen molar-refractivity contribution < 1.29 is 13.2 Å². The first-order chi connectivity index (χ1) is 9.41. The van der Waals surface area contributed by atoms with E-state index >= 15 is 0 Å². The number of piperidine rings is 2. The molecule has 0 amide bonds. The first kappa shape index (κ1) is 16.5. The topological polar surface area (TPSA) is 49.9 Å². The minimum atomic E-state index is -3.35. The Morgan fingerprint density at radius 3 is 2.45 bits per heavy atom. The summed E-state index contributed by atoms with van der Waals surface area (Å²) in [4.78, 5) is 0. The van der Waals surface area contributed by atoms with Gasteiger partial charge >= 0.3 is 0 Å². The van der Waals surface area contributed by atoms with Gasteiger partial charge in [0.2, 0.25) is 0 Å². The van der Waals surface area contributed by atoms with E-state index in [-0.39, 0.29) is 5.60 Å². The fourth-order valence-electron chi connectivity index (χ4n) is 2.98. The van der Waals surface area contributed by atoms with E-state index in [9.17, 15) is 8.42 Å². The Balaban J connectivity index is 2.03. The summed E-state index contributed by atoms with van der Waals surface area (Å²) < 4.78 is 34.1. The molecule has 5 nitrogen and oxygen atoms in total. The lowest BCUT2D eigenvalue weighted by Crippen LogP contribution is -2.54. The number of nitrogens with zero attached hydrogens (tertiary/aromatic N) is 2. The Kier molecular flexibility index (Phi) is 5.34. The van der Waals surface area contributed by atoms with Gasteiger partial charge < -0.3 is 4.74 Å². The van der Waals surface area contributed by atoms with E-state index in [0.717, 1.165) is 25.7 Å². The van der Waals surface area contributed by atoms with Gasteiger partial charge in [0, 0.05) is 39.2 Å². The van der Waals surface area contributed by atoms with Gasteiger partial charge in [-0.15, -0.1) is 11.6 Å². The van der Waals surface area contributed by atoms with Gasteiger partial charge in [0.25, 0.3) is 10.2 Å². The Bertz CT molecular complexity index is 423. The zero-order valence-corrected chi connectivity index (χ0v) is 13.9. The molecule has 1 atom stereocenters. The molecule has 0 aromatic carbocycles. The second kappa shape index (κ2) is 6.48. The zero-order chi connectivity index (χ0) is 14.8. The fourth-order valence-corrected chi connectivity index (χ4v) is 5.09. The molecule has 0 aromatic rings. The largest absolute Gasteiger partial charge is 0.377 e. The second-order valence-corrected chi connectivity index (χ2v) is 8.33. The summed E-state index contributed by atoms with van der Waals surface area (Å²) in [6, 6.07) is 0. The minimum Gasteiger partial charge on any atom is -0.377 e. The highest BCUT2D eigenvalue weighted by Crippen LogP contribution is 2.28. The highest BCUT2D eigenvalue weighted by molar-refractivity contribution is 7.86. The highest BCUT2D eigenvalue weighted by atomic mass is 35.5. The molecule has 0 saturated carbocycles. The molecular weight excluding hydrogens is 300 g/mol. The predicted octanol–water partition coefficient (Wildman–Crippen LogP) is 1.68. The van der Waals surface area contributed by atoms with Crippen LogP contribution < -0.4 is 0 Å². The molecule has 7 heteroatoms. The van der Waals surface area contributed by atoms with E-state index in [1.807, 2.05) is 6.92 Å². The molecule has 2 rings (SSSR count). The van der Waals surface area contributed by atoms with Crippen molar-refractivity contribution in [3.05, 3.63) is 0 Å². The predicted molar refractivity (Wildman–Crippen MR) is 80.2 cm³/mol. The van der Waals surface area contributed by atoms with Gasteiger partial charge in [0.05, 0.1) is 5.60 Å². The van der Waals surface area contributed by atoms with Crippen molar-refractivity contribution in [2.75, 3.05) is 39.2 Å². The quantitative estimate of drug-likeness (QED) is 0.739. The molecule has 0 N–H and O–H groups in total. The lowest BCUT2D eigenvalue weighted by molar-refractivity contribution is -0.0331. The molecule has 2 heterocycles. The lowest BCUT2D eigenvalue weighted by atomic mass is 9.96. The summed E-state index contributed by atoms with van der Waals surface area (Å²) in [6.45, 7) is 4.19. The highest BCUT2D eigenvalue weighted by Gasteiger charge is 2.39. The summed E-state index contributed by atoms with van der Waals surface area (Å²) in [5.74, 6) is 1.08. The van der Waals surface area contributed by atoms with Gasteiger partial charge in [0.1, 0.15) is 0 Å². The molecule has 2 saturated heterocycles. The Labute approximate surface area is 127 Å². The second-order valence-electron chi connectivity index (χ2n) is 6.10. The standard InChI is InChI=1S/C13H25ClN2O3S/c1-13(19-2)6-3-7-16(11-13)20(17,18)15-8-4-12(10-14)5-9-15/h12H,3-11H2,1-2H3. The van der Waals surface area contributed by atoms with E-state index in [2.05, 4.69) is 0 Å². The van der Waals surface area contributed by atoms with Gasteiger partial charge in [-0.3, -0.25) is 0 Å². The summed E-state index contributed by atoms with van der Waals surface area (Å²) in [6.07, 6.45) is 3.47. The number of hydrogen-bond acceptors (Lipinski definition) is 3. The average molecular weight is 325 g/mol. The Hall–Kier alpha value is 0.120. The van der Waals surface area contributed by atoms with Crippen LogP contribution in [0.3, 0.4) is 0 Å². The molecule has 0 spiro atoms. The van der Waals surface area contributed by atoms with Crippen molar-refractivity contribution in [2.45, 2.75) is 38.2 Å². The maximum atomic E-state index is 12.7. The molecular formula is C13H25ClN2O3S. The third-order valence-electron chi connectivity index (χ3n) is 4.56. The molecule has 20 heavy (non-hydrogen) atoms. The molecule has 0 aliphatic carbocycles. The number of hydrogen-bond donors (Lipinski definition) is 0. The normalized spacial score (nSPS) is 31.6. The van der Waals surface area contributed by atoms with Crippen LogP contribution in [0, 0.1) is 5.92 Å². The van der Waals surface area contributed by atoms with Crippen molar-refractivity contribution >= 4 is 21.8 Å². The van der Waals surface area contributed by atoms with Crippen LogP contribution in [0.4, 0.5) is 0 Å². The fraction of sp³-hybridized carbons (Fsp3) is 1.00. The zero-order valence-electron chi connectivity index (χ0n) is 12.3. The molecule has 118 valence electrons. The summed E-state index contributed by atoms with van der Waals surface area (Å²) in [5.41, 5.74) is -0.361. The van der Waals surface area contributed by atoms with E-state index in [1.54, 1.807) is 15.7 Å². The van der Waals surface area contributed by atoms with Crippen LogP contribution in [0.1, 0.15) is 32.6 Å². The van der Waals surface area contributed by atoms with E-state index < -0.39 is 10.2 Å². The van der Waals surface area contributed by atoms with Crippen LogP contribution in [0.25, 0.3) is 0 Å². The van der Waals surface area contributed by atoms with E-state index in [1.165, 1.54) is 0 Å².